The lowest BCUT2D eigenvalue weighted by Crippen LogP contribution is -2.51. The van der Waals surface area contributed by atoms with Crippen molar-refractivity contribution in [2.24, 2.45) is 40.4 Å². The highest BCUT2D eigenvalue weighted by Crippen LogP contribution is 2.67. The van der Waals surface area contributed by atoms with E-state index in [1.54, 1.807) is 19.4 Å². The summed E-state index contributed by atoms with van der Waals surface area (Å²) in [4.78, 5) is 0. The van der Waals surface area contributed by atoms with Crippen LogP contribution in [0.2, 0.25) is 0 Å². The molecule has 274 valence electrons. The summed E-state index contributed by atoms with van der Waals surface area (Å²) >= 11 is 0. The van der Waals surface area contributed by atoms with Crippen molar-refractivity contribution in [1.29, 1.82) is 0 Å². The van der Waals surface area contributed by atoms with E-state index < -0.39 is 6.97 Å². The molecule has 6 aliphatic rings. The average molecular weight is 706 g/mol. The highest BCUT2D eigenvalue weighted by Gasteiger charge is 2.59. The van der Waals surface area contributed by atoms with E-state index in [-0.39, 0.29) is 11.5 Å². The van der Waals surface area contributed by atoms with Crippen LogP contribution in [0.4, 0.5) is 8.63 Å². The van der Waals surface area contributed by atoms with Gasteiger partial charge >= 0.3 is 6.97 Å². The van der Waals surface area contributed by atoms with Gasteiger partial charge in [0.1, 0.15) is 11.4 Å². The smallest absolute Gasteiger partial charge is 0.393 e. The van der Waals surface area contributed by atoms with Gasteiger partial charge in [-0.25, -0.2) is 0 Å². The Morgan fingerprint density at radius 2 is 1.75 bits per heavy atom. The molecule has 3 fully saturated rings. The van der Waals surface area contributed by atoms with E-state index >= 15 is 8.63 Å². The van der Waals surface area contributed by atoms with Crippen LogP contribution in [0.3, 0.4) is 0 Å². The SMILES string of the molecule is CC1=CC(C)=[N+]2C1=C(c1ccc(-c3cn(C[C@@H](C)[C@H]4CC[C@H]5[C@@H]6CC=C7C[C@@H](O)CC[C@]7(C)[C@H]6CC[C@]45C)nn3)cc1)c1c(C)cc(C)n1[B-]2(F)F. The molecule has 0 bridgehead atoms. The van der Waals surface area contributed by atoms with E-state index in [1.165, 1.54) is 41.1 Å². The van der Waals surface area contributed by atoms with Crippen molar-refractivity contribution in [1.82, 2.24) is 19.5 Å². The van der Waals surface area contributed by atoms with Gasteiger partial charge in [-0.2, -0.15) is 0 Å². The summed E-state index contributed by atoms with van der Waals surface area (Å²) in [5.74, 6) is 3.44. The number of aliphatic hydroxyl groups excluding tert-OH is 1. The fourth-order valence-electron chi connectivity index (χ4n) is 12.9. The Labute approximate surface area is 307 Å². The van der Waals surface area contributed by atoms with Gasteiger partial charge in [0, 0.05) is 36.4 Å². The van der Waals surface area contributed by atoms with Crippen molar-refractivity contribution in [2.75, 3.05) is 0 Å². The summed E-state index contributed by atoms with van der Waals surface area (Å²) in [6.45, 7) is 11.8. The van der Waals surface area contributed by atoms with Gasteiger partial charge in [0.2, 0.25) is 0 Å². The van der Waals surface area contributed by atoms with Crippen LogP contribution in [0.15, 0.2) is 65.5 Å². The van der Waals surface area contributed by atoms with Crippen molar-refractivity contribution in [3.63, 3.8) is 0 Å². The van der Waals surface area contributed by atoms with Gasteiger partial charge in [0.25, 0.3) is 0 Å². The van der Waals surface area contributed by atoms with Crippen molar-refractivity contribution < 1.29 is 18.2 Å². The van der Waals surface area contributed by atoms with E-state index in [1.807, 2.05) is 30.7 Å². The molecule has 4 aliphatic carbocycles. The van der Waals surface area contributed by atoms with E-state index in [4.69, 9.17) is 0 Å². The molecule has 3 aromatic rings. The van der Waals surface area contributed by atoms with Crippen LogP contribution in [0, 0.1) is 54.3 Å². The second-order valence-electron chi connectivity index (χ2n) is 18.1. The van der Waals surface area contributed by atoms with Crippen LogP contribution in [-0.4, -0.2) is 47.9 Å². The molecule has 6 nitrogen and oxygen atoms in total. The molecule has 2 aromatic heterocycles. The molecule has 9 heteroatoms. The van der Waals surface area contributed by atoms with Gasteiger partial charge in [-0.15, -0.1) is 5.10 Å². The number of hydrogen-bond donors (Lipinski definition) is 1. The van der Waals surface area contributed by atoms with Crippen LogP contribution in [-0.2, 0) is 6.54 Å². The number of nitrogens with zero attached hydrogens (tertiary/aromatic N) is 5. The topological polar surface area (TPSA) is 58.9 Å². The average Bonchev–Trinajstić information content (AvgIpc) is 3.85. The fraction of sp³-hybridized carbons (Fsp3) is 0.558. The van der Waals surface area contributed by atoms with Crippen LogP contribution in [0.1, 0.15) is 109 Å². The zero-order valence-electron chi connectivity index (χ0n) is 32.0. The second-order valence-corrected chi connectivity index (χ2v) is 18.1. The number of halogens is 2. The fourth-order valence-corrected chi connectivity index (χ4v) is 12.9. The molecule has 52 heavy (non-hydrogen) atoms. The highest BCUT2D eigenvalue weighted by molar-refractivity contribution is 6.58. The zero-order valence-corrected chi connectivity index (χ0v) is 32.0. The number of hydrogen-bond acceptors (Lipinski definition) is 3. The van der Waals surface area contributed by atoms with Crippen LogP contribution < -0.4 is 0 Å². The Morgan fingerprint density at radius 3 is 2.52 bits per heavy atom. The van der Waals surface area contributed by atoms with Crippen LogP contribution >= 0.6 is 0 Å². The van der Waals surface area contributed by atoms with Crippen molar-refractivity contribution in [2.45, 2.75) is 112 Å². The summed E-state index contributed by atoms with van der Waals surface area (Å²) < 4.78 is 36.8. The minimum absolute atomic E-state index is 0.151. The first-order valence-electron chi connectivity index (χ1n) is 19.9. The molecule has 3 saturated carbocycles. The van der Waals surface area contributed by atoms with Crippen molar-refractivity contribution >= 4 is 18.3 Å². The Morgan fingerprint density at radius 1 is 1.00 bits per heavy atom. The first-order chi connectivity index (χ1) is 24.7. The quantitative estimate of drug-likeness (QED) is 0.213. The third kappa shape index (κ3) is 4.79. The van der Waals surface area contributed by atoms with Gasteiger partial charge < -0.3 is 22.7 Å². The molecular formula is C43H54BF2N5O. The minimum Gasteiger partial charge on any atom is -0.393 e. The van der Waals surface area contributed by atoms with E-state index in [9.17, 15) is 5.11 Å². The molecule has 0 saturated heterocycles. The summed E-state index contributed by atoms with van der Waals surface area (Å²) in [7, 11) is 0. The largest absolute Gasteiger partial charge is 0.737 e. The van der Waals surface area contributed by atoms with E-state index in [0.29, 0.717) is 40.0 Å². The molecule has 9 rings (SSSR count). The van der Waals surface area contributed by atoms with Gasteiger partial charge in [-0.3, -0.25) is 4.68 Å². The highest BCUT2D eigenvalue weighted by atomic mass is 19.2. The lowest BCUT2D eigenvalue weighted by Gasteiger charge is -2.58. The number of allylic oxidation sites excluding steroid dienone is 3. The number of aryl methyl sites for hydroxylation is 2. The lowest BCUT2D eigenvalue weighted by molar-refractivity contribution is -0.363. The second kappa shape index (κ2) is 11.7. The molecule has 8 atom stereocenters. The minimum atomic E-state index is -4.00. The Balaban J connectivity index is 0.939. The van der Waals surface area contributed by atoms with E-state index in [0.717, 1.165) is 77.1 Å². The molecule has 0 unspecified atom stereocenters. The standard InChI is InChI=1S/C43H54BF2N5O/c1-25-20-28(4)50-40(25)39(41-26(2)21-29(5)51(41)44(50,45)46)31-10-8-30(9-11-31)38-24-49(48-47-38)23-27(3)35-14-15-36-34-13-12-32-22-33(52)16-18-42(32,6)37(34)17-19-43(35,36)7/h8-12,20-21,24,27,33-37,52H,13-19,22-23H2,1-7H3/t27-,33+,34+,35-,36+,37+,42+,43-/m1/s1. The molecular weight excluding hydrogens is 651 g/mol. The number of aliphatic hydroxyl groups is 1. The van der Waals surface area contributed by atoms with Crippen LogP contribution in [0.5, 0.6) is 0 Å². The van der Waals surface area contributed by atoms with Crippen LogP contribution in [0.25, 0.3) is 16.8 Å². The van der Waals surface area contributed by atoms with Gasteiger partial charge in [-0.05, 0) is 135 Å². The van der Waals surface area contributed by atoms with Crippen molar-refractivity contribution in [3.05, 3.63) is 88.0 Å². The molecule has 4 heterocycles. The predicted molar refractivity (Wildman–Crippen MR) is 204 cm³/mol. The Hall–Kier alpha value is -3.59. The summed E-state index contributed by atoms with van der Waals surface area (Å²) in [6, 6.07) is 10.1. The molecule has 1 aromatic carbocycles. The molecule has 2 aliphatic heterocycles. The van der Waals surface area contributed by atoms with Crippen molar-refractivity contribution in [3.8, 4) is 11.3 Å². The Kier molecular flexibility index (Phi) is 7.70. The predicted octanol–water partition coefficient (Wildman–Crippen LogP) is 9.37. The van der Waals surface area contributed by atoms with Gasteiger partial charge in [0.15, 0.2) is 5.70 Å². The van der Waals surface area contributed by atoms with Gasteiger partial charge in [-0.1, -0.05) is 61.9 Å². The maximum Gasteiger partial charge on any atom is 0.737 e. The number of aromatic nitrogens is 4. The van der Waals surface area contributed by atoms with Gasteiger partial charge in [0.05, 0.1) is 17.9 Å². The first-order valence-corrected chi connectivity index (χ1v) is 19.9. The maximum absolute atomic E-state index is 16.1. The monoisotopic (exact) mass is 705 g/mol. The Bertz CT molecular complexity index is 2100. The molecule has 0 spiro atoms. The molecule has 1 N–H and O–H groups in total. The number of benzene rings is 1. The third-order valence-electron chi connectivity index (χ3n) is 15.3. The summed E-state index contributed by atoms with van der Waals surface area (Å²) in [6.07, 6.45) is 15.8. The van der Waals surface area contributed by atoms with E-state index in [2.05, 4.69) is 67.6 Å². The summed E-state index contributed by atoms with van der Waals surface area (Å²) in [5.41, 5.74) is 9.83. The molecule has 0 radical (unpaired) electrons. The zero-order chi connectivity index (χ0) is 36.5. The first kappa shape index (κ1) is 34.2. The summed E-state index contributed by atoms with van der Waals surface area (Å²) in [5, 5.41) is 19.6. The molecule has 0 amide bonds. The number of rotatable bonds is 5. The number of fused-ring (bicyclic) bond motifs is 7. The normalized spacial score (nSPS) is 33.9. The third-order valence-corrected chi connectivity index (χ3v) is 15.3. The lowest BCUT2D eigenvalue weighted by atomic mass is 9.47. The maximum atomic E-state index is 16.1.